The van der Waals surface area contributed by atoms with Crippen LogP contribution in [0.5, 0.6) is 5.75 Å². The lowest BCUT2D eigenvalue weighted by Crippen LogP contribution is -2.44. The number of rotatable bonds is 7. The van der Waals surface area contributed by atoms with E-state index in [1.165, 1.54) is 18.9 Å². The van der Waals surface area contributed by atoms with Gasteiger partial charge in [0.2, 0.25) is 0 Å². The second kappa shape index (κ2) is 8.53. The molecule has 0 spiro atoms. The summed E-state index contributed by atoms with van der Waals surface area (Å²) in [5.74, 6) is -0.330. The summed E-state index contributed by atoms with van der Waals surface area (Å²) in [7, 11) is -1.55. The fraction of sp³-hybridized carbons (Fsp3) is 0.556. The molecule has 0 N–H and O–H groups in total. The maximum Gasteiger partial charge on any atom is 0.338 e. The molecule has 0 aromatic heterocycles. The number of amides is 1. The Morgan fingerprint density at radius 3 is 2.46 bits per heavy atom. The Morgan fingerprint density at radius 1 is 1.27 bits per heavy atom. The van der Waals surface area contributed by atoms with E-state index in [0.717, 1.165) is 6.42 Å². The van der Waals surface area contributed by atoms with Gasteiger partial charge in [0, 0.05) is 13.1 Å². The number of sulfone groups is 1. The van der Waals surface area contributed by atoms with Gasteiger partial charge in [0.15, 0.2) is 15.9 Å². The Labute approximate surface area is 154 Å². The van der Waals surface area contributed by atoms with Crippen LogP contribution in [0.3, 0.4) is 0 Å². The first-order valence-electron chi connectivity index (χ1n) is 8.64. The van der Waals surface area contributed by atoms with Gasteiger partial charge in [-0.15, -0.1) is 0 Å². The largest absolute Gasteiger partial charge is 0.494 e. The summed E-state index contributed by atoms with van der Waals surface area (Å²) in [5, 5.41) is 0. The van der Waals surface area contributed by atoms with Gasteiger partial charge < -0.3 is 14.4 Å². The van der Waals surface area contributed by atoms with Crippen LogP contribution in [0.2, 0.25) is 0 Å². The molecular formula is C18H25NO6S. The molecule has 1 aromatic rings. The lowest BCUT2D eigenvalue weighted by atomic mass is 10.2. The van der Waals surface area contributed by atoms with Crippen LogP contribution in [0.15, 0.2) is 24.3 Å². The third kappa shape index (κ3) is 5.20. The maximum absolute atomic E-state index is 12.4. The summed E-state index contributed by atoms with van der Waals surface area (Å²) in [4.78, 5) is 26.0. The molecule has 7 nitrogen and oxygen atoms in total. The molecule has 0 unspecified atom stereocenters. The van der Waals surface area contributed by atoms with Crippen molar-refractivity contribution in [2.24, 2.45) is 0 Å². The van der Waals surface area contributed by atoms with E-state index in [1.54, 1.807) is 24.3 Å². The smallest absolute Gasteiger partial charge is 0.338 e. The zero-order chi connectivity index (χ0) is 19.3. The van der Waals surface area contributed by atoms with Gasteiger partial charge in [-0.3, -0.25) is 4.79 Å². The highest BCUT2D eigenvalue weighted by Crippen LogP contribution is 2.18. The van der Waals surface area contributed by atoms with Crippen LogP contribution < -0.4 is 4.74 Å². The van der Waals surface area contributed by atoms with Crippen molar-refractivity contribution >= 4 is 21.7 Å². The minimum Gasteiger partial charge on any atom is -0.494 e. The highest BCUT2D eigenvalue weighted by molar-refractivity contribution is 7.91. The standard InChI is InChI=1S/C18H25NO6S/c1-4-10-24-16-7-5-14(6-8-16)18(21)25-13(2)17(20)19(3)15-9-11-26(22,23)12-15/h5-8,13,15H,4,9-12H2,1-3H3/t13-,15+/m1/s1. The van der Waals surface area contributed by atoms with Crippen LogP contribution >= 0.6 is 0 Å². The molecule has 1 aromatic carbocycles. The Kier molecular flexibility index (Phi) is 6.63. The molecule has 2 rings (SSSR count). The van der Waals surface area contributed by atoms with Gasteiger partial charge in [-0.2, -0.15) is 0 Å². The van der Waals surface area contributed by atoms with Crippen LogP contribution in [0.25, 0.3) is 0 Å². The van der Waals surface area contributed by atoms with Crippen molar-refractivity contribution in [2.75, 3.05) is 25.2 Å². The van der Waals surface area contributed by atoms with E-state index in [4.69, 9.17) is 9.47 Å². The predicted octanol–water partition coefficient (Wildman–Crippen LogP) is 1.67. The number of carbonyl (C=O) groups is 2. The van der Waals surface area contributed by atoms with E-state index in [2.05, 4.69) is 0 Å². The molecule has 8 heteroatoms. The first-order chi connectivity index (χ1) is 12.2. The topological polar surface area (TPSA) is 90.0 Å². The number of nitrogens with zero attached hydrogens (tertiary/aromatic N) is 1. The normalized spacial score (nSPS) is 19.6. The molecule has 0 bridgehead atoms. The summed E-state index contributed by atoms with van der Waals surface area (Å²) in [6, 6.07) is 6.14. The lowest BCUT2D eigenvalue weighted by Gasteiger charge is -2.26. The first-order valence-corrected chi connectivity index (χ1v) is 10.5. The average molecular weight is 383 g/mol. The molecule has 2 atom stereocenters. The van der Waals surface area contributed by atoms with E-state index >= 15 is 0 Å². The lowest BCUT2D eigenvalue weighted by molar-refractivity contribution is -0.140. The van der Waals surface area contributed by atoms with Gasteiger partial charge >= 0.3 is 5.97 Å². The summed E-state index contributed by atoms with van der Waals surface area (Å²) in [5.41, 5.74) is 0.319. The van der Waals surface area contributed by atoms with Crippen LogP contribution in [0, 0.1) is 0 Å². The van der Waals surface area contributed by atoms with Gasteiger partial charge in [0.05, 0.1) is 23.7 Å². The Bertz CT molecular complexity index is 743. The predicted molar refractivity (Wildman–Crippen MR) is 96.9 cm³/mol. The van der Waals surface area contributed by atoms with E-state index in [9.17, 15) is 18.0 Å². The molecule has 1 aliphatic heterocycles. The number of likely N-dealkylation sites (N-methyl/N-ethyl adjacent to an activating group) is 1. The third-order valence-electron chi connectivity index (χ3n) is 4.30. The van der Waals surface area contributed by atoms with Gasteiger partial charge in [-0.05, 0) is 44.0 Å². The van der Waals surface area contributed by atoms with Gasteiger partial charge in [-0.1, -0.05) is 6.92 Å². The molecule has 0 saturated carbocycles. The molecule has 1 aliphatic rings. The van der Waals surface area contributed by atoms with Gasteiger partial charge in [0.1, 0.15) is 5.75 Å². The quantitative estimate of drug-likeness (QED) is 0.665. The zero-order valence-corrected chi connectivity index (χ0v) is 16.1. The molecule has 1 fully saturated rings. The zero-order valence-electron chi connectivity index (χ0n) is 15.3. The van der Waals surface area contributed by atoms with Gasteiger partial charge in [0.25, 0.3) is 5.91 Å². The summed E-state index contributed by atoms with van der Waals surface area (Å²) in [6.07, 6.45) is 0.302. The second-order valence-corrected chi connectivity index (χ2v) is 8.66. The highest BCUT2D eigenvalue weighted by atomic mass is 32.2. The van der Waals surface area contributed by atoms with Crippen molar-refractivity contribution in [1.82, 2.24) is 4.90 Å². The van der Waals surface area contributed by atoms with Crippen LogP contribution in [0.4, 0.5) is 0 Å². The van der Waals surface area contributed by atoms with Crippen molar-refractivity contribution < 1.29 is 27.5 Å². The summed E-state index contributed by atoms with van der Waals surface area (Å²) >= 11 is 0. The van der Waals surface area contributed by atoms with Crippen molar-refractivity contribution in [3.8, 4) is 5.75 Å². The molecule has 144 valence electrons. The van der Waals surface area contributed by atoms with E-state index < -0.39 is 27.8 Å². The fourth-order valence-corrected chi connectivity index (χ4v) is 4.51. The molecule has 26 heavy (non-hydrogen) atoms. The van der Waals surface area contributed by atoms with Crippen LogP contribution in [0.1, 0.15) is 37.0 Å². The van der Waals surface area contributed by atoms with Crippen molar-refractivity contribution in [1.29, 1.82) is 0 Å². The van der Waals surface area contributed by atoms with Crippen LogP contribution in [-0.2, 0) is 19.4 Å². The van der Waals surface area contributed by atoms with Crippen molar-refractivity contribution in [3.05, 3.63) is 29.8 Å². The average Bonchev–Trinajstić information content (AvgIpc) is 2.98. The highest BCUT2D eigenvalue weighted by Gasteiger charge is 2.35. The molecule has 1 saturated heterocycles. The number of hydrogen-bond donors (Lipinski definition) is 0. The van der Waals surface area contributed by atoms with E-state index in [1.807, 2.05) is 6.92 Å². The Morgan fingerprint density at radius 2 is 1.92 bits per heavy atom. The third-order valence-corrected chi connectivity index (χ3v) is 6.05. The SMILES string of the molecule is CCCOc1ccc(C(=O)O[C@H](C)C(=O)N(C)[C@H]2CCS(=O)(=O)C2)cc1. The fourth-order valence-electron chi connectivity index (χ4n) is 2.73. The van der Waals surface area contributed by atoms with E-state index in [0.29, 0.717) is 24.3 Å². The maximum atomic E-state index is 12.4. The number of carbonyl (C=O) groups excluding carboxylic acids is 2. The van der Waals surface area contributed by atoms with E-state index in [-0.39, 0.29) is 17.5 Å². The summed E-state index contributed by atoms with van der Waals surface area (Å²) < 4.78 is 33.8. The second-order valence-electron chi connectivity index (χ2n) is 6.43. The molecule has 1 amide bonds. The van der Waals surface area contributed by atoms with Crippen LogP contribution in [-0.4, -0.2) is 62.5 Å². The number of hydrogen-bond acceptors (Lipinski definition) is 6. The minimum absolute atomic E-state index is 0.0465. The van der Waals surface area contributed by atoms with Gasteiger partial charge in [-0.25, -0.2) is 13.2 Å². The minimum atomic E-state index is -3.09. The van der Waals surface area contributed by atoms with Crippen molar-refractivity contribution in [2.45, 2.75) is 38.8 Å². The monoisotopic (exact) mass is 383 g/mol. The number of esters is 1. The van der Waals surface area contributed by atoms with Crippen molar-refractivity contribution in [3.63, 3.8) is 0 Å². The molecular weight excluding hydrogens is 358 g/mol. The summed E-state index contributed by atoms with van der Waals surface area (Å²) in [6.45, 7) is 4.08. The Balaban J connectivity index is 1.92. The molecule has 1 heterocycles. The number of benzene rings is 1. The first kappa shape index (κ1) is 20.2. The molecule has 0 radical (unpaired) electrons. The Hall–Kier alpha value is -2.09. The molecule has 0 aliphatic carbocycles. The number of ether oxygens (including phenoxy) is 2.